The molecule has 2 heterocycles. The first-order valence-electron chi connectivity index (χ1n) is 8.32. The zero-order valence-corrected chi connectivity index (χ0v) is 15.0. The third-order valence-corrected chi connectivity index (χ3v) is 5.08. The predicted octanol–water partition coefficient (Wildman–Crippen LogP) is 2.45. The van der Waals surface area contributed by atoms with Crippen LogP contribution in [0.5, 0.6) is 11.5 Å². The van der Waals surface area contributed by atoms with E-state index in [0.29, 0.717) is 18.1 Å². The van der Waals surface area contributed by atoms with Gasteiger partial charge in [-0.3, -0.25) is 0 Å². The maximum Gasteiger partial charge on any atom is 0.171 e. The molecule has 2 N–H and O–H groups in total. The predicted molar refractivity (Wildman–Crippen MR) is 90.5 cm³/mol. The number of benzene rings is 1. The highest BCUT2D eigenvalue weighted by Gasteiger charge is 2.40. The Labute approximate surface area is 142 Å². The van der Waals surface area contributed by atoms with Gasteiger partial charge in [0, 0.05) is 5.56 Å². The number of ether oxygens (including phenoxy) is 1. The molecule has 6 heteroatoms. The normalized spacial score (nSPS) is 19.9. The molecule has 0 radical (unpaired) electrons. The molecular weight excluding hydrogens is 306 g/mol. The van der Waals surface area contributed by atoms with Gasteiger partial charge in [-0.25, -0.2) is 9.67 Å². The van der Waals surface area contributed by atoms with Crippen molar-refractivity contribution in [1.29, 1.82) is 0 Å². The number of aromatic nitrogens is 3. The zero-order valence-electron chi connectivity index (χ0n) is 15.0. The third-order valence-electron chi connectivity index (χ3n) is 5.08. The average molecular weight is 331 g/mol. The molecule has 1 aromatic carbocycles. The Morgan fingerprint density at radius 1 is 1.17 bits per heavy atom. The van der Waals surface area contributed by atoms with Crippen molar-refractivity contribution in [1.82, 2.24) is 14.8 Å². The lowest BCUT2D eigenvalue weighted by Crippen LogP contribution is -2.37. The number of fused-ring (bicyclic) bond motifs is 1. The second-order valence-electron chi connectivity index (χ2n) is 6.79. The van der Waals surface area contributed by atoms with Crippen LogP contribution in [0.1, 0.15) is 47.2 Å². The van der Waals surface area contributed by atoms with E-state index < -0.39 is 5.60 Å². The van der Waals surface area contributed by atoms with Gasteiger partial charge in [0.2, 0.25) is 0 Å². The van der Waals surface area contributed by atoms with E-state index in [4.69, 9.17) is 4.74 Å². The van der Waals surface area contributed by atoms with Crippen LogP contribution in [0.25, 0.3) is 0 Å². The van der Waals surface area contributed by atoms with Crippen LogP contribution in [-0.2, 0) is 18.6 Å². The van der Waals surface area contributed by atoms with E-state index in [9.17, 15) is 10.2 Å². The van der Waals surface area contributed by atoms with Gasteiger partial charge in [-0.15, -0.1) is 0 Å². The summed E-state index contributed by atoms with van der Waals surface area (Å²) in [6.45, 7) is 10.1. The van der Waals surface area contributed by atoms with Crippen molar-refractivity contribution in [3.63, 3.8) is 0 Å². The van der Waals surface area contributed by atoms with Crippen LogP contribution in [-0.4, -0.2) is 31.6 Å². The van der Waals surface area contributed by atoms with Crippen molar-refractivity contribution in [2.45, 2.75) is 59.6 Å². The molecule has 3 rings (SSSR count). The van der Waals surface area contributed by atoms with Gasteiger partial charge >= 0.3 is 0 Å². The smallest absolute Gasteiger partial charge is 0.171 e. The summed E-state index contributed by atoms with van der Waals surface area (Å²) < 4.78 is 8.17. The quantitative estimate of drug-likeness (QED) is 0.903. The fourth-order valence-corrected chi connectivity index (χ4v) is 3.50. The van der Waals surface area contributed by atoms with Gasteiger partial charge in [0.05, 0.1) is 13.2 Å². The Balaban J connectivity index is 2.09. The maximum atomic E-state index is 10.3. The van der Waals surface area contributed by atoms with Crippen molar-refractivity contribution >= 4 is 0 Å². The van der Waals surface area contributed by atoms with Crippen LogP contribution >= 0.6 is 0 Å². The number of rotatable bonds is 3. The molecule has 0 fully saturated rings. The molecule has 0 amide bonds. The van der Waals surface area contributed by atoms with Gasteiger partial charge < -0.3 is 14.9 Å². The van der Waals surface area contributed by atoms with Crippen LogP contribution in [0.3, 0.4) is 0 Å². The lowest BCUT2D eigenvalue weighted by molar-refractivity contribution is 0.0462. The molecule has 1 aromatic heterocycles. The minimum absolute atomic E-state index is 0.00752. The standard InChI is InChI=1S/C18H25N3O3/c1-10-11(2)16-14(12(3)15(10)23)6-7-18(5,24-16)17-19-13(4)20-21(17)8-9-22/h22-23H,6-9H2,1-5H3. The Kier molecular flexibility index (Phi) is 4.03. The molecular formula is C18H25N3O3. The highest BCUT2D eigenvalue weighted by Crippen LogP contribution is 2.45. The van der Waals surface area contributed by atoms with Crippen molar-refractivity contribution in [3.05, 3.63) is 33.9 Å². The summed E-state index contributed by atoms with van der Waals surface area (Å²) in [5.41, 5.74) is 3.16. The number of aryl methyl sites for hydroxylation is 1. The van der Waals surface area contributed by atoms with Crippen LogP contribution in [0.2, 0.25) is 0 Å². The van der Waals surface area contributed by atoms with E-state index >= 15 is 0 Å². The lowest BCUT2D eigenvalue weighted by atomic mass is 9.86. The number of aliphatic hydroxyl groups is 1. The van der Waals surface area contributed by atoms with Crippen LogP contribution in [0.15, 0.2) is 0 Å². The molecule has 1 unspecified atom stereocenters. The van der Waals surface area contributed by atoms with E-state index in [2.05, 4.69) is 10.1 Å². The van der Waals surface area contributed by atoms with Gasteiger partial charge in [-0.05, 0) is 64.2 Å². The molecule has 24 heavy (non-hydrogen) atoms. The molecule has 0 saturated carbocycles. The van der Waals surface area contributed by atoms with Crippen molar-refractivity contribution in [2.75, 3.05) is 6.61 Å². The summed E-state index contributed by atoms with van der Waals surface area (Å²) in [7, 11) is 0. The largest absolute Gasteiger partial charge is 0.507 e. The van der Waals surface area contributed by atoms with Gasteiger partial charge in [-0.1, -0.05) is 0 Å². The number of phenolic OH excluding ortho intramolecular Hbond substituents is 1. The summed E-state index contributed by atoms with van der Waals surface area (Å²) in [6.07, 6.45) is 1.55. The Morgan fingerprint density at radius 2 is 1.88 bits per heavy atom. The molecule has 1 aliphatic heterocycles. The second-order valence-corrected chi connectivity index (χ2v) is 6.79. The third kappa shape index (κ3) is 2.45. The maximum absolute atomic E-state index is 10.3. The summed E-state index contributed by atoms with van der Waals surface area (Å²) in [4.78, 5) is 4.56. The fourth-order valence-electron chi connectivity index (χ4n) is 3.50. The molecule has 2 aromatic rings. The van der Waals surface area contributed by atoms with E-state index in [1.807, 2.05) is 34.6 Å². The molecule has 0 saturated heterocycles. The van der Waals surface area contributed by atoms with Crippen molar-refractivity contribution in [2.24, 2.45) is 0 Å². The zero-order chi connectivity index (χ0) is 17.6. The van der Waals surface area contributed by atoms with E-state index in [-0.39, 0.29) is 6.61 Å². The number of nitrogens with zero attached hydrogens (tertiary/aromatic N) is 3. The van der Waals surface area contributed by atoms with E-state index in [1.54, 1.807) is 4.68 Å². The summed E-state index contributed by atoms with van der Waals surface area (Å²) >= 11 is 0. The topological polar surface area (TPSA) is 80.4 Å². The molecule has 6 nitrogen and oxygen atoms in total. The number of hydrogen-bond acceptors (Lipinski definition) is 5. The highest BCUT2D eigenvalue weighted by atomic mass is 16.5. The van der Waals surface area contributed by atoms with Crippen molar-refractivity contribution < 1.29 is 14.9 Å². The number of hydrogen-bond donors (Lipinski definition) is 2. The number of aliphatic hydroxyl groups excluding tert-OH is 1. The lowest BCUT2D eigenvalue weighted by Gasteiger charge is -2.37. The van der Waals surface area contributed by atoms with Gasteiger partial charge in [0.1, 0.15) is 17.3 Å². The minimum atomic E-state index is -0.607. The van der Waals surface area contributed by atoms with E-state index in [0.717, 1.165) is 46.7 Å². The SMILES string of the molecule is Cc1nc(C2(C)CCc3c(C)c(O)c(C)c(C)c3O2)n(CCO)n1. The molecule has 0 spiro atoms. The first kappa shape index (κ1) is 16.8. The minimum Gasteiger partial charge on any atom is -0.507 e. The summed E-state index contributed by atoms with van der Waals surface area (Å²) in [5, 5.41) is 24.0. The number of phenols is 1. The Hall–Kier alpha value is -2.08. The van der Waals surface area contributed by atoms with Crippen LogP contribution < -0.4 is 4.74 Å². The average Bonchev–Trinajstić information content (AvgIpc) is 2.92. The molecule has 1 aliphatic rings. The monoisotopic (exact) mass is 331 g/mol. The van der Waals surface area contributed by atoms with Gasteiger partial charge in [0.15, 0.2) is 11.4 Å². The molecule has 0 aliphatic carbocycles. The van der Waals surface area contributed by atoms with Crippen LogP contribution in [0.4, 0.5) is 0 Å². The highest BCUT2D eigenvalue weighted by molar-refractivity contribution is 5.58. The van der Waals surface area contributed by atoms with E-state index in [1.165, 1.54) is 0 Å². The Morgan fingerprint density at radius 3 is 2.54 bits per heavy atom. The first-order chi connectivity index (χ1) is 11.3. The first-order valence-corrected chi connectivity index (χ1v) is 8.32. The molecule has 130 valence electrons. The molecule has 0 bridgehead atoms. The summed E-state index contributed by atoms with van der Waals surface area (Å²) in [5.74, 6) is 2.61. The Bertz CT molecular complexity index is 798. The number of aromatic hydroxyl groups is 1. The second kappa shape index (κ2) is 5.77. The van der Waals surface area contributed by atoms with Crippen molar-refractivity contribution in [3.8, 4) is 11.5 Å². The van der Waals surface area contributed by atoms with Crippen LogP contribution in [0, 0.1) is 27.7 Å². The van der Waals surface area contributed by atoms with Gasteiger partial charge in [-0.2, -0.15) is 5.10 Å². The van der Waals surface area contributed by atoms with Gasteiger partial charge in [0.25, 0.3) is 0 Å². The summed E-state index contributed by atoms with van der Waals surface area (Å²) in [6, 6.07) is 0. The fraction of sp³-hybridized carbons (Fsp3) is 0.556. The molecule has 1 atom stereocenters.